The van der Waals surface area contributed by atoms with Gasteiger partial charge in [-0.3, -0.25) is 14.5 Å². The summed E-state index contributed by atoms with van der Waals surface area (Å²) in [6.45, 7) is 1.30. The Morgan fingerprint density at radius 2 is 1.68 bits per heavy atom. The van der Waals surface area contributed by atoms with Crippen molar-refractivity contribution in [1.29, 1.82) is 0 Å². The van der Waals surface area contributed by atoms with Crippen LogP contribution in [0.2, 0.25) is 0 Å². The number of amides is 2. The second-order valence-electron chi connectivity index (χ2n) is 5.43. The van der Waals surface area contributed by atoms with Gasteiger partial charge in [0.05, 0.1) is 19.9 Å². The van der Waals surface area contributed by atoms with Crippen LogP contribution in [0.25, 0.3) is 0 Å². The molecule has 2 aromatic carbocycles. The predicted octanol–water partition coefficient (Wildman–Crippen LogP) is 2.72. The molecule has 0 aliphatic rings. The summed E-state index contributed by atoms with van der Waals surface area (Å²) in [6.07, 6.45) is 0. The molecule has 2 rings (SSSR count). The number of rotatable bonds is 6. The summed E-state index contributed by atoms with van der Waals surface area (Å²) < 4.78 is 10.5. The van der Waals surface area contributed by atoms with Crippen LogP contribution in [0, 0.1) is 0 Å². The van der Waals surface area contributed by atoms with E-state index in [4.69, 9.17) is 9.47 Å². The summed E-state index contributed by atoms with van der Waals surface area (Å²) in [5.74, 6) is 0.588. The number of anilines is 2. The summed E-state index contributed by atoms with van der Waals surface area (Å²) >= 11 is 0. The molecule has 0 saturated heterocycles. The first-order valence-electron chi connectivity index (χ1n) is 7.79. The fraction of sp³-hybridized carbons (Fsp3) is 0.263. The zero-order valence-corrected chi connectivity index (χ0v) is 14.9. The number of hydrogen-bond acceptors (Lipinski definition) is 4. The maximum absolute atomic E-state index is 12.6. The van der Waals surface area contributed by atoms with Crippen LogP contribution in [0.3, 0.4) is 0 Å². The number of ether oxygens (including phenoxy) is 2. The minimum atomic E-state index is -0.263. The molecule has 0 N–H and O–H groups in total. The third-order valence-electron chi connectivity index (χ3n) is 3.87. The lowest BCUT2D eigenvalue weighted by Gasteiger charge is -2.26. The Morgan fingerprint density at radius 3 is 2.24 bits per heavy atom. The molecule has 0 unspecified atom stereocenters. The molecule has 0 spiro atoms. The highest BCUT2D eigenvalue weighted by atomic mass is 16.5. The largest absolute Gasteiger partial charge is 0.497 e. The van der Waals surface area contributed by atoms with Crippen molar-refractivity contribution in [2.75, 3.05) is 37.6 Å². The molecule has 2 aromatic rings. The summed E-state index contributed by atoms with van der Waals surface area (Å²) in [6, 6.07) is 14.4. The average Bonchev–Trinajstić information content (AvgIpc) is 2.65. The van der Waals surface area contributed by atoms with Crippen LogP contribution >= 0.6 is 0 Å². The highest BCUT2D eigenvalue weighted by Gasteiger charge is 2.22. The summed E-state index contributed by atoms with van der Waals surface area (Å²) in [4.78, 5) is 27.7. The van der Waals surface area contributed by atoms with E-state index in [2.05, 4.69) is 0 Å². The molecule has 6 heteroatoms. The first-order chi connectivity index (χ1) is 12.0. The summed E-state index contributed by atoms with van der Waals surface area (Å²) in [5, 5.41) is 0. The normalized spacial score (nSPS) is 10.1. The van der Waals surface area contributed by atoms with Crippen LogP contribution in [0.5, 0.6) is 11.5 Å². The molecule has 0 aliphatic carbocycles. The zero-order valence-electron chi connectivity index (χ0n) is 14.9. The lowest BCUT2D eigenvalue weighted by molar-refractivity contribution is -0.121. The Balaban J connectivity index is 2.30. The standard InChI is InChI=1S/C19H22N2O4/c1-14(22)21(17-12-16(24-3)10-11-18(17)25-4)13-19(23)20(2)15-8-6-5-7-9-15/h5-12H,13H2,1-4H3. The minimum absolute atomic E-state index is 0.107. The SMILES string of the molecule is COc1ccc(OC)c(N(CC(=O)N(C)c2ccccc2)C(C)=O)c1. The van der Waals surface area contributed by atoms with Gasteiger partial charge in [-0.1, -0.05) is 18.2 Å². The van der Waals surface area contributed by atoms with Crippen molar-refractivity contribution in [3.8, 4) is 11.5 Å². The van der Waals surface area contributed by atoms with Crippen molar-refractivity contribution in [2.45, 2.75) is 6.92 Å². The highest BCUT2D eigenvalue weighted by Crippen LogP contribution is 2.32. The molecule has 0 fully saturated rings. The molecule has 0 saturated carbocycles. The van der Waals surface area contributed by atoms with Crippen LogP contribution in [-0.2, 0) is 9.59 Å². The van der Waals surface area contributed by atoms with Crippen molar-refractivity contribution < 1.29 is 19.1 Å². The quantitative estimate of drug-likeness (QED) is 0.810. The first-order valence-corrected chi connectivity index (χ1v) is 7.79. The van der Waals surface area contributed by atoms with Crippen LogP contribution < -0.4 is 19.3 Å². The second-order valence-corrected chi connectivity index (χ2v) is 5.43. The molecule has 0 aliphatic heterocycles. The van der Waals surface area contributed by atoms with Gasteiger partial charge in [-0.25, -0.2) is 0 Å². The van der Waals surface area contributed by atoms with E-state index in [1.807, 2.05) is 30.3 Å². The van der Waals surface area contributed by atoms with E-state index in [1.165, 1.54) is 30.9 Å². The molecule has 6 nitrogen and oxygen atoms in total. The minimum Gasteiger partial charge on any atom is -0.497 e. The van der Waals surface area contributed by atoms with Crippen LogP contribution in [0.1, 0.15) is 6.92 Å². The van der Waals surface area contributed by atoms with Gasteiger partial charge < -0.3 is 14.4 Å². The summed E-state index contributed by atoms with van der Waals surface area (Å²) in [5.41, 5.74) is 1.25. The van der Waals surface area contributed by atoms with Crippen molar-refractivity contribution in [1.82, 2.24) is 0 Å². The van der Waals surface area contributed by atoms with E-state index in [-0.39, 0.29) is 18.4 Å². The van der Waals surface area contributed by atoms with Crippen molar-refractivity contribution in [3.05, 3.63) is 48.5 Å². The Morgan fingerprint density at radius 1 is 1.00 bits per heavy atom. The number of hydrogen-bond donors (Lipinski definition) is 0. The maximum atomic E-state index is 12.6. The molecular weight excluding hydrogens is 320 g/mol. The van der Waals surface area contributed by atoms with E-state index in [1.54, 1.807) is 25.2 Å². The molecule has 25 heavy (non-hydrogen) atoms. The Labute approximate surface area is 147 Å². The van der Waals surface area contributed by atoms with E-state index in [0.717, 1.165) is 5.69 Å². The number of carbonyl (C=O) groups is 2. The van der Waals surface area contributed by atoms with E-state index < -0.39 is 0 Å². The Kier molecular flexibility index (Phi) is 6.00. The second kappa shape index (κ2) is 8.19. The van der Waals surface area contributed by atoms with Gasteiger partial charge in [0, 0.05) is 25.7 Å². The molecule has 0 heterocycles. The van der Waals surface area contributed by atoms with Crippen LogP contribution in [0.4, 0.5) is 11.4 Å². The molecule has 0 radical (unpaired) electrons. The number of nitrogens with zero attached hydrogens (tertiary/aromatic N) is 2. The smallest absolute Gasteiger partial charge is 0.246 e. The van der Waals surface area contributed by atoms with Gasteiger partial charge in [0.2, 0.25) is 11.8 Å². The molecule has 0 atom stereocenters. The topological polar surface area (TPSA) is 59.1 Å². The van der Waals surface area contributed by atoms with Crippen LogP contribution in [0.15, 0.2) is 48.5 Å². The number of benzene rings is 2. The van der Waals surface area contributed by atoms with Gasteiger partial charge in [-0.2, -0.15) is 0 Å². The number of methoxy groups -OCH3 is 2. The fourth-order valence-corrected chi connectivity index (χ4v) is 2.41. The maximum Gasteiger partial charge on any atom is 0.246 e. The number of carbonyl (C=O) groups excluding carboxylic acids is 2. The molecular formula is C19H22N2O4. The van der Waals surface area contributed by atoms with Gasteiger partial charge >= 0.3 is 0 Å². The fourth-order valence-electron chi connectivity index (χ4n) is 2.41. The Hall–Kier alpha value is -3.02. The van der Waals surface area contributed by atoms with Gasteiger partial charge in [0.25, 0.3) is 0 Å². The van der Waals surface area contributed by atoms with Crippen LogP contribution in [-0.4, -0.2) is 39.6 Å². The third kappa shape index (κ3) is 4.29. The third-order valence-corrected chi connectivity index (χ3v) is 3.87. The molecule has 0 bridgehead atoms. The predicted molar refractivity (Wildman–Crippen MR) is 97.4 cm³/mol. The average molecular weight is 342 g/mol. The lowest BCUT2D eigenvalue weighted by Crippen LogP contribution is -2.41. The number of likely N-dealkylation sites (N-methyl/N-ethyl adjacent to an activating group) is 1. The molecule has 132 valence electrons. The monoisotopic (exact) mass is 342 g/mol. The van der Waals surface area contributed by atoms with Gasteiger partial charge in [0.1, 0.15) is 18.0 Å². The molecule has 0 aromatic heterocycles. The van der Waals surface area contributed by atoms with E-state index in [9.17, 15) is 9.59 Å². The van der Waals surface area contributed by atoms with E-state index in [0.29, 0.717) is 17.2 Å². The van der Waals surface area contributed by atoms with Gasteiger partial charge in [-0.05, 0) is 24.3 Å². The zero-order chi connectivity index (χ0) is 18.4. The van der Waals surface area contributed by atoms with Gasteiger partial charge in [-0.15, -0.1) is 0 Å². The number of para-hydroxylation sites is 1. The van der Waals surface area contributed by atoms with Crippen molar-refractivity contribution in [3.63, 3.8) is 0 Å². The summed E-state index contributed by atoms with van der Waals surface area (Å²) in [7, 11) is 4.73. The first kappa shape index (κ1) is 18.3. The van der Waals surface area contributed by atoms with E-state index >= 15 is 0 Å². The van der Waals surface area contributed by atoms with Crippen molar-refractivity contribution in [2.24, 2.45) is 0 Å². The highest BCUT2D eigenvalue weighted by molar-refractivity contribution is 6.03. The van der Waals surface area contributed by atoms with Gasteiger partial charge in [0.15, 0.2) is 0 Å². The Bertz CT molecular complexity index is 746. The lowest BCUT2D eigenvalue weighted by atomic mass is 10.2. The van der Waals surface area contributed by atoms with Crippen molar-refractivity contribution >= 4 is 23.2 Å². The molecule has 2 amide bonds.